The van der Waals surface area contributed by atoms with E-state index in [-0.39, 0.29) is 40.8 Å². The van der Waals surface area contributed by atoms with Crippen molar-refractivity contribution in [2.24, 2.45) is 11.8 Å². The third kappa shape index (κ3) is 3.69. The molecule has 2 aromatic carbocycles. The SMILES string of the molecule is Cc1cc(C(=O)N2[C@@H](C(=O)N[C@@H](c3cc(F)c(C)cc3F)C3COC3)C[C@H]3C[C@H]32)c2[nH]ncc2c1. The molecule has 0 bridgehead atoms. The number of ether oxygens (including phenoxy) is 1. The maximum Gasteiger partial charge on any atom is 0.256 e. The van der Waals surface area contributed by atoms with Gasteiger partial charge in [-0.2, -0.15) is 5.10 Å². The van der Waals surface area contributed by atoms with E-state index >= 15 is 0 Å². The highest BCUT2D eigenvalue weighted by molar-refractivity contribution is 6.07. The van der Waals surface area contributed by atoms with Crippen LogP contribution in [0, 0.1) is 37.3 Å². The van der Waals surface area contributed by atoms with Gasteiger partial charge in [-0.3, -0.25) is 14.7 Å². The molecule has 0 unspecified atom stereocenters. The Hall–Kier alpha value is -3.33. The lowest BCUT2D eigenvalue weighted by Crippen LogP contribution is -2.51. The molecule has 2 N–H and O–H groups in total. The van der Waals surface area contributed by atoms with Crippen LogP contribution in [0.15, 0.2) is 30.5 Å². The quantitative estimate of drug-likeness (QED) is 0.585. The second-order valence-electron chi connectivity index (χ2n) is 10.1. The highest BCUT2D eigenvalue weighted by Gasteiger charge is 2.56. The zero-order valence-corrected chi connectivity index (χ0v) is 19.5. The topological polar surface area (TPSA) is 87.3 Å². The summed E-state index contributed by atoms with van der Waals surface area (Å²) in [5, 5.41) is 10.8. The average Bonchev–Trinajstić information content (AvgIpc) is 3.20. The van der Waals surface area contributed by atoms with Crippen LogP contribution in [-0.2, 0) is 9.53 Å². The second-order valence-corrected chi connectivity index (χ2v) is 10.1. The summed E-state index contributed by atoms with van der Waals surface area (Å²) >= 11 is 0. The summed E-state index contributed by atoms with van der Waals surface area (Å²) in [6.07, 6.45) is 3.09. The lowest BCUT2D eigenvalue weighted by Gasteiger charge is -2.36. The minimum absolute atomic E-state index is 0.00998. The Morgan fingerprint density at radius 2 is 1.94 bits per heavy atom. The highest BCUT2D eigenvalue weighted by Crippen LogP contribution is 2.49. The van der Waals surface area contributed by atoms with Gasteiger partial charge in [-0.15, -0.1) is 0 Å². The second kappa shape index (κ2) is 8.12. The minimum Gasteiger partial charge on any atom is -0.381 e. The first-order valence-corrected chi connectivity index (χ1v) is 11.9. The van der Waals surface area contributed by atoms with Gasteiger partial charge in [0.1, 0.15) is 17.7 Å². The number of likely N-dealkylation sites (tertiary alicyclic amines) is 1. The summed E-state index contributed by atoms with van der Waals surface area (Å²) < 4.78 is 34.4. The van der Waals surface area contributed by atoms with Crippen molar-refractivity contribution >= 4 is 22.7 Å². The van der Waals surface area contributed by atoms with E-state index in [0.29, 0.717) is 30.7 Å². The number of nitrogens with zero attached hydrogens (tertiary/aromatic N) is 2. The molecule has 3 fully saturated rings. The highest BCUT2D eigenvalue weighted by atomic mass is 19.1. The number of hydrogen-bond donors (Lipinski definition) is 2. The zero-order valence-electron chi connectivity index (χ0n) is 19.5. The molecule has 1 aliphatic carbocycles. The van der Waals surface area contributed by atoms with E-state index in [1.807, 2.05) is 19.1 Å². The number of halogens is 2. The van der Waals surface area contributed by atoms with Gasteiger partial charge in [-0.25, -0.2) is 8.78 Å². The van der Waals surface area contributed by atoms with Gasteiger partial charge in [-0.05, 0) is 68.0 Å². The number of aryl methyl sites for hydroxylation is 2. The molecule has 2 aliphatic heterocycles. The lowest BCUT2D eigenvalue weighted by molar-refractivity contribution is -0.128. The van der Waals surface area contributed by atoms with E-state index in [9.17, 15) is 18.4 Å². The molecule has 3 aromatic rings. The first kappa shape index (κ1) is 22.2. The molecular formula is C26H26F2N4O3. The van der Waals surface area contributed by atoms with E-state index in [0.717, 1.165) is 29.5 Å². The largest absolute Gasteiger partial charge is 0.381 e. The van der Waals surface area contributed by atoms with E-state index < -0.39 is 23.7 Å². The fourth-order valence-corrected chi connectivity index (χ4v) is 5.54. The van der Waals surface area contributed by atoms with E-state index in [4.69, 9.17) is 4.74 Å². The summed E-state index contributed by atoms with van der Waals surface area (Å²) in [5.74, 6) is -1.55. The van der Waals surface area contributed by atoms with E-state index in [1.165, 1.54) is 6.92 Å². The van der Waals surface area contributed by atoms with Crippen molar-refractivity contribution in [3.8, 4) is 0 Å². The number of benzene rings is 2. The van der Waals surface area contributed by atoms with Crippen LogP contribution in [0.4, 0.5) is 8.78 Å². The van der Waals surface area contributed by atoms with Crippen molar-refractivity contribution < 1.29 is 23.1 Å². The van der Waals surface area contributed by atoms with Gasteiger partial charge in [-0.1, -0.05) is 0 Å². The fourth-order valence-electron chi connectivity index (χ4n) is 5.54. The number of hydrogen-bond acceptors (Lipinski definition) is 4. The van der Waals surface area contributed by atoms with Crippen LogP contribution in [0.1, 0.15) is 45.9 Å². The number of aromatic amines is 1. The Kier molecular flexibility index (Phi) is 5.14. The van der Waals surface area contributed by atoms with Gasteiger partial charge < -0.3 is 15.0 Å². The average molecular weight is 481 g/mol. The molecule has 2 saturated heterocycles. The van der Waals surface area contributed by atoms with Gasteiger partial charge in [0.05, 0.1) is 36.5 Å². The molecule has 35 heavy (non-hydrogen) atoms. The van der Waals surface area contributed by atoms with Crippen LogP contribution < -0.4 is 5.32 Å². The smallest absolute Gasteiger partial charge is 0.256 e. The number of piperidine rings is 1. The van der Waals surface area contributed by atoms with Crippen LogP contribution in [0.25, 0.3) is 10.9 Å². The van der Waals surface area contributed by atoms with Crippen molar-refractivity contribution in [3.05, 3.63) is 64.4 Å². The van der Waals surface area contributed by atoms with Crippen molar-refractivity contribution in [2.75, 3.05) is 13.2 Å². The lowest BCUT2D eigenvalue weighted by atomic mass is 9.90. The first-order valence-electron chi connectivity index (χ1n) is 11.9. The third-order valence-corrected chi connectivity index (χ3v) is 7.61. The predicted octanol–water partition coefficient (Wildman–Crippen LogP) is 3.56. The van der Waals surface area contributed by atoms with Crippen molar-refractivity contribution in [1.29, 1.82) is 0 Å². The van der Waals surface area contributed by atoms with Crippen LogP contribution >= 0.6 is 0 Å². The van der Waals surface area contributed by atoms with Gasteiger partial charge >= 0.3 is 0 Å². The number of rotatable bonds is 5. The van der Waals surface area contributed by atoms with Crippen LogP contribution in [-0.4, -0.2) is 52.2 Å². The molecular weight excluding hydrogens is 454 g/mol. The molecule has 3 aliphatic rings. The Morgan fingerprint density at radius 3 is 2.69 bits per heavy atom. The monoisotopic (exact) mass is 480 g/mol. The molecule has 0 spiro atoms. The molecule has 0 radical (unpaired) electrons. The number of H-pyrrole nitrogens is 1. The molecule has 6 rings (SSSR count). The summed E-state index contributed by atoms with van der Waals surface area (Å²) in [6.45, 7) is 4.11. The van der Waals surface area contributed by atoms with Gasteiger partial charge in [0.25, 0.3) is 5.91 Å². The van der Waals surface area contributed by atoms with Gasteiger partial charge in [0, 0.05) is 22.9 Å². The molecule has 4 atom stereocenters. The Bertz CT molecular complexity index is 1350. The summed E-state index contributed by atoms with van der Waals surface area (Å²) in [4.78, 5) is 28.9. The molecule has 1 saturated carbocycles. The number of amides is 2. The van der Waals surface area contributed by atoms with Gasteiger partial charge in [0.15, 0.2) is 0 Å². The summed E-state index contributed by atoms with van der Waals surface area (Å²) in [7, 11) is 0. The van der Waals surface area contributed by atoms with Crippen LogP contribution in [0.2, 0.25) is 0 Å². The van der Waals surface area contributed by atoms with Gasteiger partial charge in [0.2, 0.25) is 5.91 Å². The number of nitrogens with one attached hydrogen (secondary N) is 2. The first-order chi connectivity index (χ1) is 16.8. The van der Waals surface area contributed by atoms with Crippen molar-refractivity contribution in [2.45, 2.75) is 44.8 Å². The maximum atomic E-state index is 14.8. The zero-order chi connectivity index (χ0) is 24.4. The molecule has 1 aromatic heterocycles. The normalized spacial score (nSPS) is 24.2. The summed E-state index contributed by atoms with van der Waals surface area (Å²) in [5.41, 5.74) is 2.37. The molecule has 7 nitrogen and oxygen atoms in total. The number of carbonyl (C=O) groups is 2. The molecule has 3 heterocycles. The van der Waals surface area contributed by atoms with Crippen molar-refractivity contribution in [3.63, 3.8) is 0 Å². The Morgan fingerprint density at radius 1 is 1.14 bits per heavy atom. The summed E-state index contributed by atoms with van der Waals surface area (Å²) in [6, 6.07) is 4.67. The number of carbonyl (C=O) groups excluding carboxylic acids is 2. The Balaban J connectivity index is 1.30. The van der Waals surface area contributed by atoms with E-state index in [2.05, 4.69) is 15.5 Å². The molecule has 2 amide bonds. The maximum absolute atomic E-state index is 14.8. The van der Waals surface area contributed by atoms with Crippen LogP contribution in [0.5, 0.6) is 0 Å². The van der Waals surface area contributed by atoms with E-state index in [1.54, 1.807) is 11.1 Å². The van der Waals surface area contributed by atoms with Crippen molar-refractivity contribution in [1.82, 2.24) is 20.4 Å². The minimum atomic E-state index is -0.737. The standard InChI is InChI=1S/C26H26F2N4O3/c1-12-3-15-9-29-31-24(15)18(4-12)26(34)32-21-6-14(21)7-22(32)25(33)30-23(16-10-35-11-16)17-8-19(27)13(2)5-20(17)28/h3-5,8-9,14,16,21-23H,6-7,10-11H2,1-2H3,(H,29,31)(H,30,33)/t14-,21-,22-,23-/m1/s1. The number of aromatic nitrogens is 2. The molecule has 182 valence electrons. The third-order valence-electron chi connectivity index (χ3n) is 7.61. The fraction of sp³-hybridized carbons (Fsp3) is 0.423. The predicted molar refractivity (Wildman–Crippen MR) is 124 cm³/mol. The molecule has 9 heteroatoms. The van der Waals surface area contributed by atoms with Crippen LogP contribution in [0.3, 0.4) is 0 Å². The number of fused-ring (bicyclic) bond motifs is 2. The Labute approximate surface area is 200 Å².